The third-order valence-electron chi connectivity index (χ3n) is 4.94. The zero-order valence-corrected chi connectivity index (χ0v) is 15.5. The maximum absolute atomic E-state index is 10.2. The van der Waals surface area contributed by atoms with Crippen LogP contribution in [0.25, 0.3) is 0 Å². The van der Waals surface area contributed by atoms with Gasteiger partial charge in [0.2, 0.25) is 0 Å². The molecule has 1 aromatic carbocycles. The lowest BCUT2D eigenvalue weighted by Crippen LogP contribution is -2.00. The van der Waals surface area contributed by atoms with E-state index in [1.54, 1.807) is 0 Å². The Hall–Kier alpha value is -0.980. The summed E-state index contributed by atoms with van der Waals surface area (Å²) in [5.74, 6) is 1.04. The van der Waals surface area contributed by atoms with Crippen LogP contribution in [0.3, 0.4) is 0 Å². The van der Waals surface area contributed by atoms with Crippen molar-refractivity contribution < 1.29 is 5.11 Å². The van der Waals surface area contributed by atoms with E-state index in [9.17, 15) is 5.11 Å². The molecule has 0 aliphatic rings. The highest BCUT2D eigenvalue weighted by Gasteiger charge is 2.14. The van der Waals surface area contributed by atoms with Crippen molar-refractivity contribution in [3.05, 3.63) is 29.8 Å². The molecule has 1 unspecified atom stereocenters. The minimum absolute atomic E-state index is 0.494. The van der Waals surface area contributed by atoms with Crippen LogP contribution in [-0.4, -0.2) is 5.11 Å². The molecule has 1 N–H and O–H groups in total. The summed E-state index contributed by atoms with van der Waals surface area (Å²) in [5.41, 5.74) is 1.17. The zero-order chi connectivity index (χ0) is 16.8. The maximum atomic E-state index is 10.2. The Bertz CT molecular complexity index is 385. The van der Waals surface area contributed by atoms with Crippen molar-refractivity contribution in [2.45, 2.75) is 103 Å². The van der Waals surface area contributed by atoms with E-state index in [2.05, 4.69) is 26.0 Å². The van der Waals surface area contributed by atoms with Crippen molar-refractivity contribution in [1.82, 2.24) is 0 Å². The van der Waals surface area contributed by atoms with Gasteiger partial charge in [0.05, 0.1) is 0 Å². The van der Waals surface area contributed by atoms with E-state index in [1.165, 1.54) is 89.0 Å². The fourth-order valence-corrected chi connectivity index (χ4v) is 3.45. The Morgan fingerprint density at radius 1 is 0.696 bits per heavy atom. The molecule has 0 saturated heterocycles. The van der Waals surface area contributed by atoms with E-state index in [0.29, 0.717) is 11.7 Å². The summed E-state index contributed by atoms with van der Waals surface area (Å²) >= 11 is 0. The van der Waals surface area contributed by atoms with Crippen LogP contribution >= 0.6 is 0 Å². The van der Waals surface area contributed by atoms with Gasteiger partial charge in [0.15, 0.2) is 0 Å². The van der Waals surface area contributed by atoms with Crippen LogP contribution in [0.15, 0.2) is 24.3 Å². The highest BCUT2D eigenvalue weighted by atomic mass is 16.3. The van der Waals surface area contributed by atoms with Crippen molar-refractivity contribution in [3.63, 3.8) is 0 Å². The molecule has 0 aliphatic heterocycles. The van der Waals surface area contributed by atoms with Crippen LogP contribution in [-0.2, 0) is 0 Å². The Morgan fingerprint density at radius 3 is 1.78 bits per heavy atom. The van der Waals surface area contributed by atoms with Crippen LogP contribution in [0.4, 0.5) is 0 Å². The molecule has 1 rings (SSSR count). The summed E-state index contributed by atoms with van der Waals surface area (Å²) in [6, 6.07) is 7.96. The van der Waals surface area contributed by atoms with Crippen LogP contribution in [0.5, 0.6) is 5.75 Å². The number of rotatable bonds is 14. The van der Waals surface area contributed by atoms with E-state index in [4.69, 9.17) is 0 Å². The Balaban J connectivity index is 2.31. The molecule has 1 heteroatoms. The third kappa shape index (κ3) is 9.03. The molecule has 0 saturated carbocycles. The Morgan fingerprint density at radius 2 is 1.17 bits per heavy atom. The molecule has 0 radical (unpaired) electrons. The Kier molecular flexibility index (Phi) is 11.7. The van der Waals surface area contributed by atoms with Gasteiger partial charge in [0.25, 0.3) is 0 Å². The lowest BCUT2D eigenvalue weighted by Gasteiger charge is -2.18. The summed E-state index contributed by atoms with van der Waals surface area (Å²) in [6.45, 7) is 4.53. The summed E-state index contributed by atoms with van der Waals surface area (Å²) in [7, 11) is 0. The molecule has 1 nitrogen and oxygen atoms in total. The van der Waals surface area contributed by atoms with E-state index in [0.717, 1.165) is 0 Å². The average molecular weight is 319 g/mol. The molecule has 0 aromatic heterocycles. The molecule has 0 heterocycles. The van der Waals surface area contributed by atoms with Gasteiger partial charge in [0.1, 0.15) is 5.75 Å². The van der Waals surface area contributed by atoms with Crippen molar-refractivity contribution in [3.8, 4) is 5.75 Å². The smallest absolute Gasteiger partial charge is 0.119 e. The first-order chi connectivity index (χ1) is 11.3. The molecule has 0 fully saturated rings. The van der Waals surface area contributed by atoms with Gasteiger partial charge in [-0.05, 0) is 30.4 Å². The van der Waals surface area contributed by atoms with Crippen LogP contribution in [0.2, 0.25) is 0 Å². The third-order valence-corrected chi connectivity index (χ3v) is 4.94. The fourth-order valence-electron chi connectivity index (χ4n) is 3.45. The normalized spacial score (nSPS) is 12.4. The number of unbranched alkanes of at least 4 members (excludes halogenated alkanes) is 9. The molecular formula is C22H38O. The predicted octanol–water partition coefficient (Wildman–Crippen LogP) is 7.59. The second kappa shape index (κ2) is 13.5. The number of hydrogen-bond acceptors (Lipinski definition) is 1. The lowest BCUT2D eigenvalue weighted by molar-refractivity contribution is 0.440. The second-order valence-corrected chi connectivity index (χ2v) is 7.02. The highest BCUT2D eigenvalue weighted by molar-refractivity contribution is 5.34. The molecule has 23 heavy (non-hydrogen) atoms. The number of benzene rings is 1. The van der Waals surface area contributed by atoms with Crippen molar-refractivity contribution in [1.29, 1.82) is 0 Å². The Labute approximate surface area is 144 Å². The maximum Gasteiger partial charge on any atom is 0.119 e. The number of aromatic hydroxyl groups is 1. The molecule has 1 aromatic rings. The minimum atomic E-state index is 0.494. The van der Waals surface area contributed by atoms with Gasteiger partial charge in [-0.3, -0.25) is 0 Å². The topological polar surface area (TPSA) is 20.2 Å². The summed E-state index contributed by atoms with van der Waals surface area (Å²) in [4.78, 5) is 0. The van der Waals surface area contributed by atoms with Gasteiger partial charge in [-0.15, -0.1) is 0 Å². The standard InChI is InChI=1S/C22H38O/c1-3-5-7-8-9-10-11-13-17-20(16-12-6-4-2)21-18-14-15-19-22(21)23/h14-15,18-20,23H,3-13,16-17H2,1-2H3. The monoisotopic (exact) mass is 318 g/mol. The lowest BCUT2D eigenvalue weighted by atomic mass is 9.87. The SMILES string of the molecule is CCCCCCCCCCC(CCCCC)c1ccccc1O. The van der Waals surface area contributed by atoms with E-state index in [1.807, 2.05) is 12.1 Å². The minimum Gasteiger partial charge on any atom is -0.508 e. The second-order valence-electron chi connectivity index (χ2n) is 7.02. The van der Waals surface area contributed by atoms with E-state index < -0.39 is 0 Å². The van der Waals surface area contributed by atoms with Gasteiger partial charge >= 0.3 is 0 Å². The molecule has 0 spiro atoms. The molecule has 0 aliphatic carbocycles. The quantitative estimate of drug-likeness (QED) is 0.350. The fraction of sp³-hybridized carbons (Fsp3) is 0.727. The molecule has 0 bridgehead atoms. The first-order valence-corrected chi connectivity index (χ1v) is 10.1. The highest BCUT2D eigenvalue weighted by Crippen LogP contribution is 2.33. The average Bonchev–Trinajstić information content (AvgIpc) is 2.56. The summed E-state index contributed by atoms with van der Waals surface area (Å²) in [5, 5.41) is 10.2. The van der Waals surface area contributed by atoms with Gasteiger partial charge in [0, 0.05) is 0 Å². The van der Waals surface area contributed by atoms with Gasteiger partial charge in [-0.1, -0.05) is 103 Å². The van der Waals surface area contributed by atoms with Gasteiger partial charge in [-0.25, -0.2) is 0 Å². The first-order valence-electron chi connectivity index (χ1n) is 10.1. The molecule has 0 amide bonds. The number of hydrogen-bond donors (Lipinski definition) is 1. The molecule has 1 atom stereocenters. The van der Waals surface area contributed by atoms with Gasteiger partial charge < -0.3 is 5.11 Å². The van der Waals surface area contributed by atoms with Crippen molar-refractivity contribution in [2.75, 3.05) is 0 Å². The molecular weight excluding hydrogens is 280 g/mol. The van der Waals surface area contributed by atoms with E-state index >= 15 is 0 Å². The number of phenols is 1. The van der Waals surface area contributed by atoms with Crippen molar-refractivity contribution in [2.24, 2.45) is 0 Å². The van der Waals surface area contributed by atoms with Crippen molar-refractivity contribution >= 4 is 0 Å². The van der Waals surface area contributed by atoms with Crippen LogP contribution in [0.1, 0.15) is 109 Å². The summed E-state index contributed by atoms with van der Waals surface area (Å²) in [6.07, 6.45) is 17.3. The van der Waals surface area contributed by atoms with Crippen LogP contribution in [0, 0.1) is 0 Å². The van der Waals surface area contributed by atoms with Gasteiger partial charge in [-0.2, -0.15) is 0 Å². The predicted molar refractivity (Wildman–Crippen MR) is 102 cm³/mol. The van der Waals surface area contributed by atoms with E-state index in [-0.39, 0.29) is 0 Å². The zero-order valence-electron chi connectivity index (χ0n) is 15.5. The first kappa shape index (κ1) is 20.1. The number of para-hydroxylation sites is 1. The van der Waals surface area contributed by atoms with Crippen LogP contribution < -0.4 is 0 Å². The summed E-state index contributed by atoms with van der Waals surface area (Å²) < 4.78 is 0. The molecule has 132 valence electrons. The number of phenolic OH excluding ortho intramolecular Hbond substituents is 1. The largest absolute Gasteiger partial charge is 0.508 e.